The zero-order valence-corrected chi connectivity index (χ0v) is 16.0. The van der Waals surface area contributed by atoms with Crippen molar-refractivity contribution in [3.05, 3.63) is 23.0 Å². The Morgan fingerprint density at radius 2 is 2.07 bits per heavy atom. The summed E-state index contributed by atoms with van der Waals surface area (Å²) in [5, 5.41) is 2.47. The lowest BCUT2D eigenvalue weighted by Gasteiger charge is -2.16. The van der Waals surface area contributed by atoms with Crippen molar-refractivity contribution in [1.82, 2.24) is 14.8 Å². The van der Waals surface area contributed by atoms with Gasteiger partial charge in [-0.05, 0) is 26.3 Å². The van der Waals surface area contributed by atoms with E-state index in [1.54, 1.807) is 13.0 Å². The second-order valence-corrected chi connectivity index (χ2v) is 9.20. The van der Waals surface area contributed by atoms with Crippen molar-refractivity contribution in [2.24, 2.45) is 0 Å². The van der Waals surface area contributed by atoms with Crippen LogP contribution in [0.25, 0.3) is 0 Å². The van der Waals surface area contributed by atoms with Gasteiger partial charge in [-0.1, -0.05) is 0 Å². The van der Waals surface area contributed by atoms with Gasteiger partial charge in [-0.25, -0.2) is 13.2 Å². The van der Waals surface area contributed by atoms with E-state index in [4.69, 9.17) is 6.42 Å². The summed E-state index contributed by atoms with van der Waals surface area (Å²) >= 11 is 0. The van der Waals surface area contributed by atoms with Crippen molar-refractivity contribution in [3.8, 4) is 12.3 Å². The Bertz CT molecular complexity index is 970. The molecule has 2 atom stereocenters. The average Bonchev–Trinajstić information content (AvgIpc) is 3.17. The topological polar surface area (TPSA) is 106 Å². The zero-order chi connectivity index (χ0) is 19.9. The standard InChI is InChI=1S/C18H21N3O5S/c1-4-5-15-17(23)20(18(24)19-15)9-16(22)14-8-11(2)21(12(14)3)13-6-7-27(25,26)10-13/h1,8,13,15H,5-7,9-10H2,2-3H3,(H,19,24)/t13-,15-/m1/s1. The highest BCUT2D eigenvalue weighted by atomic mass is 32.2. The Labute approximate surface area is 157 Å². The van der Waals surface area contributed by atoms with Gasteiger partial charge < -0.3 is 9.88 Å². The number of urea groups is 1. The van der Waals surface area contributed by atoms with Gasteiger partial charge in [-0.2, -0.15) is 0 Å². The van der Waals surface area contributed by atoms with E-state index in [0.29, 0.717) is 17.7 Å². The maximum absolute atomic E-state index is 12.7. The van der Waals surface area contributed by atoms with Crippen molar-refractivity contribution >= 4 is 27.6 Å². The quantitative estimate of drug-likeness (QED) is 0.449. The third kappa shape index (κ3) is 3.49. The summed E-state index contributed by atoms with van der Waals surface area (Å²) in [6.07, 6.45) is 5.76. The molecule has 144 valence electrons. The maximum Gasteiger partial charge on any atom is 0.325 e. The van der Waals surface area contributed by atoms with Crippen LogP contribution in [-0.2, 0) is 14.6 Å². The van der Waals surface area contributed by atoms with Gasteiger partial charge in [0.1, 0.15) is 6.04 Å². The SMILES string of the molecule is C#CC[C@H]1NC(=O)N(CC(=O)c2cc(C)n([C@@H]3CCS(=O)(=O)C3)c2C)C1=O. The van der Waals surface area contributed by atoms with Crippen LogP contribution in [0.2, 0.25) is 0 Å². The smallest absolute Gasteiger partial charge is 0.325 e. The summed E-state index contributed by atoms with van der Waals surface area (Å²) in [6, 6.07) is 0.0453. The molecule has 2 aliphatic rings. The highest BCUT2D eigenvalue weighted by Crippen LogP contribution is 2.29. The largest absolute Gasteiger partial charge is 0.344 e. The zero-order valence-electron chi connectivity index (χ0n) is 15.2. The van der Waals surface area contributed by atoms with Crippen molar-refractivity contribution in [2.45, 2.75) is 38.8 Å². The van der Waals surface area contributed by atoms with Gasteiger partial charge in [0.2, 0.25) is 0 Å². The highest BCUT2D eigenvalue weighted by Gasteiger charge is 2.39. The van der Waals surface area contributed by atoms with Crippen LogP contribution in [0.5, 0.6) is 0 Å². The number of hydrogen-bond acceptors (Lipinski definition) is 5. The van der Waals surface area contributed by atoms with Crippen LogP contribution < -0.4 is 5.32 Å². The number of sulfone groups is 1. The van der Waals surface area contributed by atoms with Crippen LogP contribution in [-0.4, -0.2) is 59.7 Å². The number of carbonyl (C=O) groups is 3. The number of terminal acetylenes is 1. The molecule has 0 aliphatic carbocycles. The molecule has 0 unspecified atom stereocenters. The fourth-order valence-electron chi connectivity index (χ4n) is 3.81. The first-order valence-corrected chi connectivity index (χ1v) is 10.4. The number of nitrogens with zero attached hydrogens (tertiary/aromatic N) is 2. The molecule has 1 aromatic heterocycles. The van der Waals surface area contributed by atoms with Crippen LogP contribution in [0.15, 0.2) is 6.07 Å². The molecule has 3 heterocycles. The maximum atomic E-state index is 12.7. The molecular weight excluding hydrogens is 370 g/mol. The summed E-state index contributed by atoms with van der Waals surface area (Å²) in [4.78, 5) is 37.8. The molecule has 0 saturated carbocycles. The molecule has 3 rings (SSSR count). The lowest BCUT2D eigenvalue weighted by atomic mass is 10.1. The number of amides is 3. The van der Waals surface area contributed by atoms with E-state index < -0.39 is 27.8 Å². The van der Waals surface area contributed by atoms with Crippen molar-refractivity contribution < 1.29 is 22.8 Å². The molecule has 2 aliphatic heterocycles. The minimum atomic E-state index is -3.06. The first kappa shape index (κ1) is 19.2. The molecule has 0 spiro atoms. The number of imide groups is 1. The van der Waals surface area contributed by atoms with Gasteiger partial charge in [-0.3, -0.25) is 14.5 Å². The fraction of sp³-hybridized carbons (Fsp3) is 0.500. The van der Waals surface area contributed by atoms with Gasteiger partial charge in [0, 0.05) is 29.4 Å². The number of aromatic nitrogens is 1. The molecule has 2 fully saturated rings. The summed E-state index contributed by atoms with van der Waals surface area (Å²) in [7, 11) is -3.06. The minimum absolute atomic E-state index is 0.0533. The molecule has 0 radical (unpaired) electrons. The minimum Gasteiger partial charge on any atom is -0.344 e. The summed E-state index contributed by atoms with van der Waals surface area (Å²) in [6.45, 7) is 3.18. The molecule has 3 amide bonds. The van der Waals surface area contributed by atoms with E-state index in [0.717, 1.165) is 10.6 Å². The van der Waals surface area contributed by atoms with E-state index in [1.165, 1.54) is 0 Å². The second-order valence-electron chi connectivity index (χ2n) is 6.97. The van der Waals surface area contributed by atoms with E-state index >= 15 is 0 Å². The second kappa shape index (κ2) is 6.85. The number of rotatable bonds is 5. The summed E-state index contributed by atoms with van der Waals surface area (Å²) in [5.74, 6) is 1.63. The Kier molecular flexibility index (Phi) is 4.86. The number of nitrogens with one attached hydrogen (secondary N) is 1. The van der Waals surface area contributed by atoms with Crippen LogP contribution >= 0.6 is 0 Å². The predicted molar refractivity (Wildman–Crippen MR) is 98.0 cm³/mol. The van der Waals surface area contributed by atoms with Gasteiger partial charge in [0.25, 0.3) is 5.91 Å². The molecule has 8 nitrogen and oxygen atoms in total. The number of Topliss-reactive ketones (excluding diaryl/α,β-unsaturated/α-hetero) is 1. The lowest BCUT2D eigenvalue weighted by molar-refractivity contribution is -0.127. The molecule has 1 aromatic rings. The van der Waals surface area contributed by atoms with E-state index in [-0.39, 0.29) is 36.3 Å². The van der Waals surface area contributed by atoms with Gasteiger partial charge in [0.15, 0.2) is 15.6 Å². The molecule has 0 aromatic carbocycles. The number of aryl methyl sites for hydroxylation is 1. The predicted octanol–water partition coefficient (Wildman–Crippen LogP) is 0.591. The monoisotopic (exact) mass is 391 g/mol. The Morgan fingerprint density at radius 3 is 2.67 bits per heavy atom. The normalized spacial score (nSPS) is 24.1. The highest BCUT2D eigenvalue weighted by molar-refractivity contribution is 7.91. The molecular formula is C18H21N3O5S. The van der Waals surface area contributed by atoms with Gasteiger partial charge in [0.05, 0.1) is 18.1 Å². The first-order valence-electron chi connectivity index (χ1n) is 8.62. The van der Waals surface area contributed by atoms with E-state index in [2.05, 4.69) is 11.2 Å². The van der Waals surface area contributed by atoms with Gasteiger partial charge in [-0.15, -0.1) is 12.3 Å². The Balaban J connectivity index is 1.81. The van der Waals surface area contributed by atoms with E-state index in [9.17, 15) is 22.8 Å². The van der Waals surface area contributed by atoms with Crippen LogP contribution in [0.4, 0.5) is 4.79 Å². The van der Waals surface area contributed by atoms with Crippen LogP contribution in [0, 0.1) is 26.2 Å². The van der Waals surface area contributed by atoms with E-state index in [1.807, 2.05) is 11.5 Å². The number of hydrogen-bond donors (Lipinski definition) is 1. The fourth-order valence-corrected chi connectivity index (χ4v) is 5.51. The molecule has 0 bridgehead atoms. The Hall–Kier alpha value is -2.60. The van der Waals surface area contributed by atoms with Gasteiger partial charge >= 0.3 is 6.03 Å². The van der Waals surface area contributed by atoms with Crippen molar-refractivity contribution in [3.63, 3.8) is 0 Å². The summed E-state index contributed by atoms with van der Waals surface area (Å²) in [5.41, 5.74) is 1.81. The van der Waals surface area contributed by atoms with Crippen molar-refractivity contribution in [2.75, 3.05) is 18.1 Å². The molecule has 27 heavy (non-hydrogen) atoms. The molecule has 1 N–H and O–H groups in total. The lowest BCUT2D eigenvalue weighted by Crippen LogP contribution is -2.36. The van der Waals surface area contributed by atoms with Crippen LogP contribution in [0.3, 0.4) is 0 Å². The summed E-state index contributed by atoms with van der Waals surface area (Å²) < 4.78 is 25.4. The Morgan fingerprint density at radius 1 is 1.37 bits per heavy atom. The van der Waals surface area contributed by atoms with Crippen LogP contribution in [0.1, 0.15) is 40.6 Å². The number of ketones is 1. The molecule has 9 heteroatoms. The molecule has 2 saturated heterocycles. The third-order valence-electron chi connectivity index (χ3n) is 5.09. The first-order chi connectivity index (χ1) is 12.6. The third-order valence-corrected chi connectivity index (χ3v) is 6.84. The average molecular weight is 391 g/mol. The number of carbonyl (C=O) groups excluding carboxylic acids is 3. The van der Waals surface area contributed by atoms with Crippen molar-refractivity contribution in [1.29, 1.82) is 0 Å².